The summed E-state index contributed by atoms with van der Waals surface area (Å²) in [6, 6.07) is 10.0. The lowest BCUT2D eigenvalue weighted by atomic mass is 10.2. The number of nitrogens with zero attached hydrogens (tertiary/aromatic N) is 2. The largest absolute Gasteiger partial charge is 0.296 e. The highest BCUT2D eigenvalue weighted by molar-refractivity contribution is 7.92. The van der Waals surface area contributed by atoms with Crippen LogP contribution in [0.4, 0.5) is 10.8 Å². The van der Waals surface area contributed by atoms with Gasteiger partial charge in [0.05, 0.1) is 14.9 Å². The molecule has 0 aliphatic rings. The van der Waals surface area contributed by atoms with Gasteiger partial charge in [-0.15, -0.1) is 10.2 Å². The third kappa shape index (κ3) is 4.75. The number of amides is 1. The molecule has 0 fully saturated rings. The molecule has 1 amide bonds. The van der Waals surface area contributed by atoms with Crippen LogP contribution >= 0.6 is 34.5 Å². The van der Waals surface area contributed by atoms with Crippen LogP contribution in [-0.2, 0) is 10.0 Å². The number of aromatic nitrogens is 2. The van der Waals surface area contributed by atoms with Gasteiger partial charge in [-0.05, 0) is 43.3 Å². The van der Waals surface area contributed by atoms with Crippen molar-refractivity contribution in [2.75, 3.05) is 10.0 Å². The summed E-state index contributed by atoms with van der Waals surface area (Å²) < 4.78 is 27.4. The van der Waals surface area contributed by atoms with Crippen molar-refractivity contribution >= 4 is 61.3 Å². The fourth-order valence-corrected chi connectivity index (χ4v) is 4.12. The minimum Gasteiger partial charge on any atom is -0.296 e. The molecule has 27 heavy (non-hydrogen) atoms. The molecule has 0 bridgehead atoms. The maximum absolute atomic E-state index is 12.5. The number of carbonyl (C=O) groups excluding carboxylic acids is 1. The highest BCUT2D eigenvalue weighted by Crippen LogP contribution is 2.26. The van der Waals surface area contributed by atoms with Gasteiger partial charge in [0.1, 0.15) is 5.01 Å². The van der Waals surface area contributed by atoms with Gasteiger partial charge in [-0.3, -0.25) is 14.8 Å². The SMILES string of the molecule is Cc1nnc(NC(=O)c2cccc(NS(=O)(=O)c3ccc(Cl)c(Cl)c3)c2)s1. The Kier molecular flexibility index (Phi) is 5.66. The standard InChI is InChI=1S/C16H12Cl2N4O3S2/c1-9-20-21-16(26-9)19-15(23)10-3-2-4-11(7-10)22-27(24,25)12-5-6-13(17)14(18)8-12/h2-8,22H,1H3,(H,19,21,23). The Morgan fingerprint density at radius 2 is 1.85 bits per heavy atom. The van der Waals surface area contributed by atoms with Crippen LogP contribution in [0.5, 0.6) is 0 Å². The van der Waals surface area contributed by atoms with Crippen LogP contribution in [0.25, 0.3) is 0 Å². The van der Waals surface area contributed by atoms with Gasteiger partial charge in [0.15, 0.2) is 0 Å². The molecule has 3 aromatic rings. The molecule has 2 aromatic carbocycles. The predicted octanol–water partition coefficient (Wildman–Crippen LogP) is 4.21. The molecule has 0 radical (unpaired) electrons. The van der Waals surface area contributed by atoms with Crippen molar-refractivity contribution in [3.05, 3.63) is 63.1 Å². The van der Waals surface area contributed by atoms with Gasteiger partial charge in [0.25, 0.3) is 15.9 Å². The summed E-state index contributed by atoms with van der Waals surface area (Å²) in [5, 5.41) is 11.7. The molecule has 0 aliphatic carbocycles. The van der Waals surface area contributed by atoms with E-state index in [0.29, 0.717) is 10.1 Å². The van der Waals surface area contributed by atoms with Gasteiger partial charge in [-0.1, -0.05) is 40.6 Å². The van der Waals surface area contributed by atoms with E-state index in [1.54, 1.807) is 19.1 Å². The molecule has 0 atom stereocenters. The molecule has 3 rings (SSSR count). The zero-order valence-corrected chi connectivity index (χ0v) is 16.9. The summed E-state index contributed by atoms with van der Waals surface area (Å²) in [6.07, 6.45) is 0. The van der Waals surface area contributed by atoms with Crippen LogP contribution in [0.3, 0.4) is 0 Å². The van der Waals surface area contributed by atoms with E-state index in [1.165, 1.54) is 41.7 Å². The van der Waals surface area contributed by atoms with E-state index in [1.807, 2.05) is 0 Å². The van der Waals surface area contributed by atoms with Crippen LogP contribution in [0.2, 0.25) is 10.0 Å². The number of benzene rings is 2. The van der Waals surface area contributed by atoms with Gasteiger partial charge in [-0.2, -0.15) is 0 Å². The molecule has 11 heteroatoms. The molecule has 0 aliphatic heterocycles. The highest BCUT2D eigenvalue weighted by atomic mass is 35.5. The monoisotopic (exact) mass is 442 g/mol. The topological polar surface area (TPSA) is 101 Å². The number of halogens is 2. The Bertz CT molecular complexity index is 1120. The first-order valence-electron chi connectivity index (χ1n) is 7.44. The lowest BCUT2D eigenvalue weighted by molar-refractivity contribution is 0.102. The Balaban J connectivity index is 1.80. The number of rotatable bonds is 5. The van der Waals surface area contributed by atoms with Crippen molar-refractivity contribution in [2.24, 2.45) is 0 Å². The van der Waals surface area contributed by atoms with Crippen molar-refractivity contribution in [3.8, 4) is 0 Å². The molecule has 140 valence electrons. The van der Waals surface area contributed by atoms with Crippen molar-refractivity contribution in [2.45, 2.75) is 11.8 Å². The van der Waals surface area contributed by atoms with E-state index in [4.69, 9.17) is 23.2 Å². The predicted molar refractivity (Wildman–Crippen MR) is 106 cm³/mol. The van der Waals surface area contributed by atoms with E-state index in [9.17, 15) is 13.2 Å². The number of anilines is 2. The molecule has 0 spiro atoms. The highest BCUT2D eigenvalue weighted by Gasteiger charge is 2.17. The van der Waals surface area contributed by atoms with E-state index in [-0.39, 0.29) is 26.2 Å². The lowest BCUT2D eigenvalue weighted by Gasteiger charge is -2.10. The van der Waals surface area contributed by atoms with Gasteiger partial charge in [0.2, 0.25) is 5.13 Å². The summed E-state index contributed by atoms with van der Waals surface area (Å²) in [5.41, 5.74) is 0.486. The smallest absolute Gasteiger partial charge is 0.261 e. The third-order valence-corrected chi connectivity index (χ3v) is 6.20. The van der Waals surface area contributed by atoms with Crippen molar-refractivity contribution in [1.29, 1.82) is 0 Å². The summed E-state index contributed by atoms with van der Waals surface area (Å²) in [6.45, 7) is 1.77. The van der Waals surface area contributed by atoms with Crippen LogP contribution in [0.1, 0.15) is 15.4 Å². The molecule has 0 saturated heterocycles. The third-order valence-electron chi connectivity index (χ3n) is 3.32. The van der Waals surface area contributed by atoms with E-state index in [2.05, 4.69) is 20.2 Å². The van der Waals surface area contributed by atoms with Crippen LogP contribution in [0.15, 0.2) is 47.4 Å². The van der Waals surface area contributed by atoms with Crippen molar-refractivity contribution in [1.82, 2.24) is 10.2 Å². The maximum atomic E-state index is 12.5. The van der Waals surface area contributed by atoms with Gasteiger partial charge in [-0.25, -0.2) is 8.42 Å². The molecular formula is C16H12Cl2N4O3S2. The second-order valence-corrected chi connectivity index (χ2v) is 9.02. The molecular weight excluding hydrogens is 431 g/mol. The van der Waals surface area contributed by atoms with Crippen LogP contribution < -0.4 is 10.0 Å². The Morgan fingerprint density at radius 1 is 1.07 bits per heavy atom. The van der Waals surface area contributed by atoms with Crippen molar-refractivity contribution < 1.29 is 13.2 Å². The average molecular weight is 443 g/mol. The molecule has 2 N–H and O–H groups in total. The fourth-order valence-electron chi connectivity index (χ4n) is 2.10. The van der Waals surface area contributed by atoms with Crippen LogP contribution in [-0.4, -0.2) is 24.5 Å². The number of nitrogens with one attached hydrogen (secondary N) is 2. The summed E-state index contributed by atoms with van der Waals surface area (Å²) in [4.78, 5) is 12.3. The number of aryl methyl sites for hydroxylation is 1. The molecule has 1 aromatic heterocycles. The second kappa shape index (κ2) is 7.81. The average Bonchev–Trinajstić information content (AvgIpc) is 3.02. The minimum absolute atomic E-state index is 0.0453. The second-order valence-electron chi connectivity index (χ2n) is 5.34. The summed E-state index contributed by atoms with van der Waals surface area (Å²) >= 11 is 12.9. The first kappa shape index (κ1) is 19.6. The molecule has 7 nitrogen and oxygen atoms in total. The molecule has 1 heterocycles. The summed E-state index contributed by atoms with van der Waals surface area (Å²) in [5.74, 6) is -0.429. The van der Waals surface area contributed by atoms with Gasteiger partial charge in [0, 0.05) is 11.3 Å². The Labute approximate surface area is 169 Å². The minimum atomic E-state index is -3.90. The Morgan fingerprint density at radius 3 is 2.52 bits per heavy atom. The normalized spacial score (nSPS) is 11.2. The maximum Gasteiger partial charge on any atom is 0.261 e. The molecule has 0 unspecified atom stereocenters. The number of carbonyl (C=O) groups is 1. The first-order chi connectivity index (χ1) is 12.7. The van der Waals surface area contributed by atoms with E-state index < -0.39 is 15.9 Å². The van der Waals surface area contributed by atoms with Crippen LogP contribution in [0, 0.1) is 6.92 Å². The molecule has 0 saturated carbocycles. The first-order valence-corrected chi connectivity index (χ1v) is 10.5. The lowest BCUT2D eigenvalue weighted by Crippen LogP contribution is -2.15. The fraction of sp³-hybridized carbons (Fsp3) is 0.0625. The number of sulfonamides is 1. The number of hydrogen-bond donors (Lipinski definition) is 2. The number of hydrogen-bond acceptors (Lipinski definition) is 6. The van der Waals surface area contributed by atoms with Gasteiger partial charge >= 0.3 is 0 Å². The quantitative estimate of drug-likeness (QED) is 0.616. The van der Waals surface area contributed by atoms with E-state index in [0.717, 1.165) is 0 Å². The Hall–Kier alpha value is -2.20. The van der Waals surface area contributed by atoms with E-state index >= 15 is 0 Å². The summed E-state index contributed by atoms with van der Waals surface area (Å²) in [7, 11) is -3.90. The zero-order chi connectivity index (χ0) is 19.6. The van der Waals surface area contributed by atoms with Crippen molar-refractivity contribution in [3.63, 3.8) is 0 Å². The zero-order valence-electron chi connectivity index (χ0n) is 13.7. The van der Waals surface area contributed by atoms with Gasteiger partial charge < -0.3 is 0 Å².